The van der Waals surface area contributed by atoms with Crippen LogP contribution in [0.25, 0.3) is 0 Å². The molecule has 1 aliphatic heterocycles. The second-order valence-electron chi connectivity index (χ2n) is 5.00. The minimum absolute atomic E-state index is 0.0542. The van der Waals surface area contributed by atoms with Crippen LogP contribution in [0.3, 0.4) is 0 Å². The van der Waals surface area contributed by atoms with Crippen molar-refractivity contribution in [3.8, 4) is 0 Å². The fraction of sp³-hybridized carbons (Fsp3) is 0.636. The number of hydrogen-bond acceptors (Lipinski definition) is 6. The average Bonchev–Trinajstić information content (AvgIpc) is 2.81. The summed E-state index contributed by atoms with van der Waals surface area (Å²) < 4.78 is 1.32. The first-order valence-electron chi connectivity index (χ1n) is 6.62. The van der Waals surface area contributed by atoms with Crippen molar-refractivity contribution in [3.05, 3.63) is 21.6 Å². The van der Waals surface area contributed by atoms with Gasteiger partial charge in [-0.2, -0.15) is 0 Å². The Morgan fingerprint density at radius 1 is 1.41 bits per heavy atom. The van der Waals surface area contributed by atoms with Crippen LogP contribution in [0.2, 0.25) is 5.28 Å². The van der Waals surface area contributed by atoms with Crippen molar-refractivity contribution in [2.75, 3.05) is 32.7 Å². The molecule has 22 heavy (non-hydrogen) atoms. The Kier molecular flexibility index (Phi) is 5.16. The molecule has 0 saturated carbocycles. The molecule has 1 saturated heterocycles. The van der Waals surface area contributed by atoms with E-state index in [1.165, 1.54) is 15.7 Å². The largest absolute Gasteiger partial charge is 0.465 e. The number of rotatable bonds is 5. The fourth-order valence-corrected chi connectivity index (χ4v) is 2.51. The van der Waals surface area contributed by atoms with Gasteiger partial charge in [0.25, 0.3) is 0 Å². The van der Waals surface area contributed by atoms with Crippen molar-refractivity contribution in [2.24, 2.45) is 0 Å². The first-order valence-corrected chi connectivity index (χ1v) is 7.00. The van der Waals surface area contributed by atoms with Crippen molar-refractivity contribution in [3.63, 3.8) is 0 Å². The van der Waals surface area contributed by atoms with E-state index in [2.05, 4.69) is 4.98 Å². The molecule has 0 bridgehead atoms. The summed E-state index contributed by atoms with van der Waals surface area (Å²) in [7, 11) is 0. The number of imidazole rings is 1. The molecule has 1 aliphatic rings. The lowest BCUT2D eigenvalue weighted by Crippen LogP contribution is -2.50. The molecule has 10 nitrogen and oxygen atoms in total. The number of β-amino-alcohol motifs (C(OH)–C–C–N with tert-alkyl or cyclic N) is 1. The van der Waals surface area contributed by atoms with Gasteiger partial charge in [-0.1, -0.05) is 0 Å². The van der Waals surface area contributed by atoms with E-state index in [1.54, 1.807) is 0 Å². The Balaban J connectivity index is 1.85. The normalized spacial score (nSPS) is 17.5. The zero-order valence-corrected chi connectivity index (χ0v) is 12.4. The van der Waals surface area contributed by atoms with Gasteiger partial charge >= 0.3 is 17.2 Å². The predicted molar refractivity (Wildman–Crippen MR) is 75.9 cm³/mol. The molecule has 1 aromatic heterocycles. The molecule has 2 N–H and O–H groups in total. The maximum absolute atomic E-state index is 10.8. The van der Waals surface area contributed by atoms with Crippen LogP contribution in [-0.2, 0) is 6.54 Å². The minimum Gasteiger partial charge on any atom is -0.465 e. The predicted octanol–water partition coefficient (Wildman–Crippen LogP) is 0.101. The summed E-state index contributed by atoms with van der Waals surface area (Å²) in [6.45, 7) is 2.25. The quantitative estimate of drug-likeness (QED) is 0.578. The molecule has 1 unspecified atom stereocenters. The standard InChI is InChI=1S/C11H16ClN5O5/c12-10-13-9(17(21)22)7-16(10)6-8(18)5-14-1-3-15(4-2-14)11(19)20/h7-8,18H,1-6H2,(H,19,20). The van der Waals surface area contributed by atoms with Crippen molar-refractivity contribution < 1.29 is 19.9 Å². The monoisotopic (exact) mass is 333 g/mol. The molecule has 1 fully saturated rings. The van der Waals surface area contributed by atoms with E-state index in [4.69, 9.17) is 16.7 Å². The first-order chi connectivity index (χ1) is 10.4. The number of aliphatic hydroxyl groups is 1. The van der Waals surface area contributed by atoms with Crippen LogP contribution in [0.1, 0.15) is 0 Å². The van der Waals surface area contributed by atoms with Crippen molar-refractivity contribution in [1.29, 1.82) is 0 Å². The van der Waals surface area contributed by atoms with Crippen LogP contribution >= 0.6 is 11.6 Å². The van der Waals surface area contributed by atoms with E-state index in [-0.39, 0.29) is 17.6 Å². The van der Waals surface area contributed by atoms with Gasteiger partial charge in [-0.05, 0) is 21.5 Å². The van der Waals surface area contributed by atoms with Gasteiger partial charge in [0, 0.05) is 32.7 Å². The first kappa shape index (κ1) is 16.5. The number of halogens is 1. The highest BCUT2D eigenvalue weighted by Gasteiger charge is 2.23. The van der Waals surface area contributed by atoms with E-state index in [0.29, 0.717) is 32.7 Å². The van der Waals surface area contributed by atoms with Crippen molar-refractivity contribution in [1.82, 2.24) is 19.4 Å². The van der Waals surface area contributed by atoms with E-state index in [9.17, 15) is 20.0 Å². The highest BCUT2D eigenvalue weighted by atomic mass is 35.5. The second kappa shape index (κ2) is 6.90. The van der Waals surface area contributed by atoms with Gasteiger partial charge in [-0.25, -0.2) is 4.79 Å². The summed E-state index contributed by atoms with van der Waals surface area (Å²) in [5.74, 6) is -0.368. The average molecular weight is 334 g/mol. The zero-order chi connectivity index (χ0) is 16.3. The van der Waals surface area contributed by atoms with Crippen LogP contribution in [0, 0.1) is 10.1 Å². The molecule has 0 aromatic carbocycles. The Morgan fingerprint density at radius 2 is 2.05 bits per heavy atom. The Labute approximate surface area is 130 Å². The second-order valence-corrected chi connectivity index (χ2v) is 5.34. The number of carbonyl (C=O) groups is 1. The van der Waals surface area contributed by atoms with Crippen LogP contribution in [0.4, 0.5) is 10.6 Å². The maximum atomic E-state index is 10.8. The Hall–Kier alpha value is -1.91. The number of piperazine rings is 1. The van der Waals surface area contributed by atoms with Crippen molar-refractivity contribution in [2.45, 2.75) is 12.6 Å². The third-order valence-corrected chi connectivity index (χ3v) is 3.72. The lowest BCUT2D eigenvalue weighted by molar-refractivity contribution is -0.389. The molecule has 0 radical (unpaired) electrons. The molecule has 11 heteroatoms. The fourth-order valence-electron chi connectivity index (χ4n) is 2.30. The van der Waals surface area contributed by atoms with E-state index in [1.807, 2.05) is 4.90 Å². The summed E-state index contributed by atoms with van der Waals surface area (Å²) >= 11 is 5.78. The topological polar surface area (TPSA) is 125 Å². The van der Waals surface area contributed by atoms with Crippen LogP contribution in [-0.4, -0.2) is 79.4 Å². The van der Waals surface area contributed by atoms with Gasteiger partial charge in [0.2, 0.25) is 0 Å². The van der Waals surface area contributed by atoms with Gasteiger partial charge in [-0.15, -0.1) is 0 Å². The molecule has 2 rings (SSSR count). The highest BCUT2D eigenvalue weighted by molar-refractivity contribution is 6.28. The van der Waals surface area contributed by atoms with Gasteiger partial charge in [0.15, 0.2) is 0 Å². The zero-order valence-electron chi connectivity index (χ0n) is 11.6. The third kappa shape index (κ3) is 4.06. The van der Waals surface area contributed by atoms with Crippen LogP contribution in [0.15, 0.2) is 6.20 Å². The van der Waals surface area contributed by atoms with Gasteiger partial charge in [0.05, 0.1) is 12.6 Å². The number of amides is 1. The third-order valence-electron chi connectivity index (χ3n) is 3.42. The lowest BCUT2D eigenvalue weighted by Gasteiger charge is -2.34. The SMILES string of the molecule is O=C(O)N1CCN(CC(O)Cn2cc([N+](=O)[O-])nc2Cl)CC1. The van der Waals surface area contributed by atoms with E-state index < -0.39 is 17.1 Å². The summed E-state index contributed by atoms with van der Waals surface area (Å²) in [4.78, 5) is 27.6. The summed E-state index contributed by atoms with van der Waals surface area (Å²) in [5.41, 5.74) is 0. The number of hydrogen-bond donors (Lipinski definition) is 2. The number of aromatic nitrogens is 2. The molecular weight excluding hydrogens is 318 g/mol. The molecule has 2 heterocycles. The molecule has 122 valence electrons. The molecule has 1 amide bonds. The summed E-state index contributed by atoms with van der Waals surface area (Å²) in [6.07, 6.45) is -0.561. The Morgan fingerprint density at radius 3 is 2.55 bits per heavy atom. The minimum atomic E-state index is -0.947. The number of nitrogens with zero attached hydrogens (tertiary/aromatic N) is 5. The summed E-state index contributed by atoms with van der Waals surface area (Å²) in [5, 5.41) is 29.5. The van der Waals surface area contributed by atoms with Gasteiger partial charge in [-0.3, -0.25) is 9.47 Å². The van der Waals surface area contributed by atoms with Gasteiger partial charge in [0.1, 0.15) is 6.20 Å². The molecule has 1 aromatic rings. The van der Waals surface area contributed by atoms with Crippen LogP contribution in [0.5, 0.6) is 0 Å². The number of aliphatic hydroxyl groups excluding tert-OH is 1. The molecular formula is C11H16ClN5O5. The van der Waals surface area contributed by atoms with E-state index in [0.717, 1.165) is 0 Å². The highest BCUT2D eigenvalue weighted by Crippen LogP contribution is 2.16. The molecule has 1 atom stereocenters. The Bertz CT molecular complexity index is 557. The smallest absolute Gasteiger partial charge is 0.407 e. The van der Waals surface area contributed by atoms with Crippen molar-refractivity contribution >= 4 is 23.5 Å². The number of nitro groups is 1. The number of carboxylic acid groups (broad SMARTS) is 1. The maximum Gasteiger partial charge on any atom is 0.407 e. The summed E-state index contributed by atoms with van der Waals surface area (Å²) in [6, 6.07) is 0. The van der Waals surface area contributed by atoms with Gasteiger partial charge < -0.3 is 25.2 Å². The van der Waals surface area contributed by atoms with E-state index >= 15 is 0 Å². The molecule has 0 spiro atoms. The lowest BCUT2D eigenvalue weighted by atomic mass is 10.2. The molecule has 0 aliphatic carbocycles. The van der Waals surface area contributed by atoms with Crippen LogP contribution < -0.4 is 0 Å².